The SMILES string of the molecule is O=C(Nc1cnc2nccc(Cl)c2c1)c1cnn(-c2cccc3c(=O)[nH]ccc23)c1C(F)(F)F. The molecule has 1 amide bonds. The molecule has 0 aliphatic carbocycles. The summed E-state index contributed by atoms with van der Waals surface area (Å²) in [5.41, 5.74) is -2.00. The number of nitrogens with one attached hydrogen (secondary N) is 2. The second kappa shape index (κ2) is 7.96. The van der Waals surface area contributed by atoms with Gasteiger partial charge in [-0.2, -0.15) is 18.3 Å². The summed E-state index contributed by atoms with van der Waals surface area (Å²) in [4.78, 5) is 35.5. The van der Waals surface area contributed by atoms with E-state index in [0.29, 0.717) is 20.7 Å². The standard InChI is InChI=1S/C22H12ClF3N6O2/c23-16-5-7-27-19-14(16)8-11(9-29-19)31-21(34)15-10-30-32(18(15)22(24,25)26)17-3-1-2-13-12(17)4-6-28-20(13)33/h1-10H,(H,28,33)(H,31,34). The average molecular weight is 485 g/mol. The maximum Gasteiger partial charge on any atom is 0.434 e. The number of rotatable bonds is 3. The average Bonchev–Trinajstić information content (AvgIpc) is 3.26. The molecule has 0 spiro atoms. The zero-order valence-electron chi connectivity index (χ0n) is 16.9. The van der Waals surface area contributed by atoms with Crippen molar-refractivity contribution >= 4 is 45.0 Å². The summed E-state index contributed by atoms with van der Waals surface area (Å²) < 4.78 is 43.0. The molecule has 12 heteroatoms. The van der Waals surface area contributed by atoms with Gasteiger partial charge in [-0.25, -0.2) is 14.6 Å². The molecule has 0 atom stereocenters. The fraction of sp³-hybridized carbons (Fsp3) is 0.0455. The first-order valence-corrected chi connectivity index (χ1v) is 10.1. The predicted octanol–water partition coefficient (Wildman–Crippen LogP) is 4.58. The highest BCUT2D eigenvalue weighted by atomic mass is 35.5. The minimum atomic E-state index is -4.93. The molecule has 0 aliphatic heterocycles. The number of alkyl halides is 3. The van der Waals surface area contributed by atoms with E-state index in [-0.39, 0.29) is 22.1 Å². The van der Waals surface area contributed by atoms with Crippen molar-refractivity contribution in [1.82, 2.24) is 24.7 Å². The van der Waals surface area contributed by atoms with Gasteiger partial charge in [-0.05, 0) is 30.3 Å². The Hall–Kier alpha value is -4.25. The third-order valence-corrected chi connectivity index (χ3v) is 5.43. The highest BCUT2D eigenvalue weighted by Crippen LogP contribution is 2.35. The number of halogens is 4. The van der Waals surface area contributed by atoms with Gasteiger partial charge >= 0.3 is 6.18 Å². The van der Waals surface area contributed by atoms with Crippen LogP contribution in [0.3, 0.4) is 0 Å². The highest BCUT2D eigenvalue weighted by Gasteiger charge is 2.41. The van der Waals surface area contributed by atoms with Gasteiger partial charge in [0.15, 0.2) is 11.3 Å². The summed E-state index contributed by atoms with van der Waals surface area (Å²) in [6.45, 7) is 0. The maximum absolute atomic E-state index is 14.1. The van der Waals surface area contributed by atoms with Crippen LogP contribution >= 0.6 is 11.6 Å². The fourth-order valence-electron chi connectivity index (χ4n) is 3.63. The van der Waals surface area contributed by atoms with Gasteiger partial charge in [0.2, 0.25) is 0 Å². The van der Waals surface area contributed by atoms with Crippen LogP contribution < -0.4 is 10.9 Å². The number of hydrogen-bond donors (Lipinski definition) is 2. The Balaban J connectivity index is 1.60. The van der Waals surface area contributed by atoms with Crippen LogP contribution in [0.5, 0.6) is 0 Å². The van der Waals surface area contributed by atoms with E-state index in [9.17, 15) is 22.8 Å². The number of carbonyl (C=O) groups excluding carboxylic acids is 1. The van der Waals surface area contributed by atoms with E-state index in [4.69, 9.17) is 11.6 Å². The van der Waals surface area contributed by atoms with Crippen LogP contribution in [0.2, 0.25) is 5.02 Å². The van der Waals surface area contributed by atoms with Crippen LogP contribution in [0.1, 0.15) is 16.1 Å². The number of benzene rings is 1. The Labute approximate surface area is 193 Å². The van der Waals surface area contributed by atoms with Gasteiger partial charge in [0.05, 0.1) is 34.4 Å². The molecule has 1 aromatic carbocycles. The molecule has 5 rings (SSSR count). The molecular weight excluding hydrogens is 473 g/mol. The van der Waals surface area contributed by atoms with E-state index < -0.39 is 28.9 Å². The number of aromatic amines is 1. The van der Waals surface area contributed by atoms with Gasteiger partial charge in [0.1, 0.15) is 0 Å². The predicted molar refractivity (Wildman–Crippen MR) is 119 cm³/mol. The lowest BCUT2D eigenvalue weighted by molar-refractivity contribution is -0.143. The van der Waals surface area contributed by atoms with Crippen molar-refractivity contribution < 1.29 is 18.0 Å². The van der Waals surface area contributed by atoms with Crippen LogP contribution in [-0.2, 0) is 6.18 Å². The van der Waals surface area contributed by atoms with Crippen molar-refractivity contribution in [3.8, 4) is 5.69 Å². The molecule has 170 valence electrons. The first-order chi connectivity index (χ1) is 16.2. The lowest BCUT2D eigenvalue weighted by Gasteiger charge is -2.14. The van der Waals surface area contributed by atoms with Crippen molar-refractivity contribution in [1.29, 1.82) is 0 Å². The number of carbonyl (C=O) groups is 1. The molecule has 0 radical (unpaired) electrons. The quantitative estimate of drug-likeness (QED) is 0.390. The van der Waals surface area contributed by atoms with Gasteiger partial charge in [-0.15, -0.1) is 0 Å². The zero-order valence-corrected chi connectivity index (χ0v) is 17.6. The van der Waals surface area contributed by atoms with Crippen molar-refractivity contribution in [2.45, 2.75) is 6.18 Å². The second-order valence-corrected chi connectivity index (χ2v) is 7.61. The molecule has 8 nitrogen and oxygen atoms in total. The number of pyridine rings is 3. The molecule has 0 saturated heterocycles. The molecule has 0 unspecified atom stereocenters. The lowest BCUT2D eigenvalue weighted by Crippen LogP contribution is -2.21. The van der Waals surface area contributed by atoms with Crippen LogP contribution in [0.4, 0.5) is 18.9 Å². The van der Waals surface area contributed by atoms with Gasteiger partial charge in [0.25, 0.3) is 11.5 Å². The highest BCUT2D eigenvalue weighted by molar-refractivity contribution is 6.35. The molecule has 4 aromatic heterocycles. The third-order valence-electron chi connectivity index (χ3n) is 5.10. The molecule has 0 aliphatic rings. The van der Waals surface area contributed by atoms with Gasteiger partial charge in [0, 0.05) is 28.6 Å². The van der Waals surface area contributed by atoms with E-state index in [1.807, 2.05) is 0 Å². The number of H-pyrrole nitrogens is 1. The van der Waals surface area contributed by atoms with E-state index in [0.717, 1.165) is 6.20 Å². The molecule has 34 heavy (non-hydrogen) atoms. The fourth-order valence-corrected chi connectivity index (χ4v) is 3.82. The van der Waals surface area contributed by atoms with Crippen molar-refractivity contribution in [3.63, 3.8) is 0 Å². The first kappa shape index (κ1) is 21.6. The number of aromatic nitrogens is 5. The van der Waals surface area contributed by atoms with E-state index in [2.05, 4.69) is 25.4 Å². The third kappa shape index (κ3) is 3.65. The Morgan fingerprint density at radius 1 is 1.06 bits per heavy atom. The van der Waals surface area contributed by atoms with Crippen molar-refractivity contribution in [2.24, 2.45) is 0 Å². The molecule has 0 saturated carbocycles. The molecule has 0 fully saturated rings. The number of hydrogen-bond acceptors (Lipinski definition) is 5. The number of fused-ring (bicyclic) bond motifs is 2. The van der Waals surface area contributed by atoms with Gasteiger partial charge in [-0.1, -0.05) is 17.7 Å². The van der Waals surface area contributed by atoms with Crippen LogP contribution in [0.25, 0.3) is 27.5 Å². The number of nitrogens with zero attached hydrogens (tertiary/aromatic N) is 4. The zero-order chi connectivity index (χ0) is 24.0. The Morgan fingerprint density at radius 3 is 2.68 bits per heavy atom. The first-order valence-electron chi connectivity index (χ1n) is 9.71. The van der Waals surface area contributed by atoms with Crippen LogP contribution in [0, 0.1) is 0 Å². The monoisotopic (exact) mass is 484 g/mol. The minimum Gasteiger partial charge on any atom is -0.329 e. The maximum atomic E-state index is 14.1. The minimum absolute atomic E-state index is 0.000188. The van der Waals surface area contributed by atoms with E-state index >= 15 is 0 Å². The summed E-state index contributed by atoms with van der Waals surface area (Å²) in [6.07, 6.45) is -0.0564. The molecule has 0 bridgehead atoms. The molecule has 2 N–H and O–H groups in total. The Kier molecular flexibility index (Phi) is 5.05. The summed E-state index contributed by atoms with van der Waals surface area (Å²) in [6, 6.07) is 8.75. The number of anilines is 1. The van der Waals surface area contributed by atoms with Crippen LogP contribution in [0.15, 0.2) is 66.0 Å². The van der Waals surface area contributed by atoms with Crippen molar-refractivity contribution in [2.75, 3.05) is 5.32 Å². The summed E-state index contributed by atoms with van der Waals surface area (Å²) in [7, 11) is 0. The topological polar surface area (TPSA) is 106 Å². The summed E-state index contributed by atoms with van der Waals surface area (Å²) in [5, 5.41) is 7.42. The molecule has 5 aromatic rings. The van der Waals surface area contributed by atoms with E-state index in [1.54, 1.807) is 0 Å². The van der Waals surface area contributed by atoms with Gasteiger partial charge < -0.3 is 10.3 Å². The normalized spacial score (nSPS) is 11.8. The van der Waals surface area contributed by atoms with E-state index in [1.165, 1.54) is 55.0 Å². The Bertz CT molecular complexity index is 1640. The molecular formula is C22H12ClF3N6O2. The second-order valence-electron chi connectivity index (χ2n) is 7.20. The summed E-state index contributed by atoms with van der Waals surface area (Å²) >= 11 is 6.12. The number of amides is 1. The smallest absolute Gasteiger partial charge is 0.329 e. The lowest BCUT2D eigenvalue weighted by atomic mass is 10.1. The largest absolute Gasteiger partial charge is 0.434 e. The van der Waals surface area contributed by atoms with Crippen molar-refractivity contribution in [3.05, 3.63) is 87.8 Å². The Morgan fingerprint density at radius 2 is 1.88 bits per heavy atom. The molecule has 4 heterocycles. The van der Waals surface area contributed by atoms with Crippen LogP contribution in [-0.4, -0.2) is 30.6 Å². The van der Waals surface area contributed by atoms with Gasteiger partial charge in [-0.3, -0.25) is 9.59 Å². The summed E-state index contributed by atoms with van der Waals surface area (Å²) in [5.74, 6) is -1.04.